The van der Waals surface area contributed by atoms with Gasteiger partial charge in [0.15, 0.2) is 0 Å². The van der Waals surface area contributed by atoms with Crippen LogP contribution in [0.5, 0.6) is 0 Å². The average molecular weight is 357 g/mol. The van der Waals surface area contributed by atoms with Crippen LogP contribution < -0.4 is 4.72 Å². The molecule has 0 unspecified atom stereocenters. The van der Waals surface area contributed by atoms with Crippen molar-refractivity contribution in [2.45, 2.75) is 49.0 Å². The fourth-order valence-electron chi connectivity index (χ4n) is 5.82. The topological polar surface area (TPSA) is 59.3 Å². The van der Waals surface area contributed by atoms with E-state index in [-0.39, 0.29) is 5.54 Å². The fraction of sp³-hybridized carbons (Fsp3) is 0.500. The van der Waals surface area contributed by atoms with Crippen LogP contribution in [0.25, 0.3) is 11.3 Å². The highest BCUT2D eigenvalue weighted by molar-refractivity contribution is 7.89. The summed E-state index contributed by atoms with van der Waals surface area (Å²) in [7, 11) is -3.49. The number of furan rings is 1. The van der Waals surface area contributed by atoms with Crippen LogP contribution in [0.2, 0.25) is 0 Å². The number of benzene rings is 1. The van der Waals surface area contributed by atoms with Crippen molar-refractivity contribution in [1.29, 1.82) is 0 Å². The Morgan fingerprint density at radius 1 is 0.920 bits per heavy atom. The quantitative estimate of drug-likeness (QED) is 0.892. The molecule has 2 aromatic rings. The predicted molar refractivity (Wildman–Crippen MR) is 95.4 cm³/mol. The maximum absolute atomic E-state index is 13.0. The lowest BCUT2D eigenvalue weighted by Crippen LogP contribution is -2.59. The van der Waals surface area contributed by atoms with E-state index in [0.29, 0.717) is 4.90 Å². The van der Waals surface area contributed by atoms with Crippen molar-refractivity contribution in [3.63, 3.8) is 0 Å². The summed E-state index contributed by atoms with van der Waals surface area (Å²) in [5.41, 5.74) is 0.687. The van der Waals surface area contributed by atoms with Crippen LogP contribution in [0.1, 0.15) is 38.5 Å². The number of hydrogen-bond acceptors (Lipinski definition) is 3. The largest absolute Gasteiger partial charge is 0.464 e. The highest BCUT2D eigenvalue weighted by Crippen LogP contribution is 2.55. The van der Waals surface area contributed by atoms with E-state index in [1.165, 1.54) is 19.3 Å². The Hall–Kier alpha value is -1.59. The molecular weight excluding hydrogens is 334 g/mol. The molecule has 0 saturated heterocycles. The third-order valence-electron chi connectivity index (χ3n) is 6.36. The molecule has 1 aromatic carbocycles. The zero-order valence-electron chi connectivity index (χ0n) is 14.1. The van der Waals surface area contributed by atoms with Gasteiger partial charge >= 0.3 is 0 Å². The molecule has 25 heavy (non-hydrogen) atoms. The molecule has 0 atom stereocenters. The molecule has 0 amide bonds. The molecule has 0 spiro atoms. The van der Waals surface area contributed by atoms with Gasteiger partial charge in [0.2, 0.25) is 10.0 Å². The first-order valence-electron chi connectivity index (χ1n) is 9.19. The molecule has 5 heteroatoms. The smallest absolute Gasteiger partial charge is 0.241 e. The molecule has 0 radical (unpaired) electrons. The number of rotatable bonds is 4. The van der Waals surface area contributed by atoms with Crippen molar-refractivity contribution in [3.05, 3.63) is 42.7 Å². The van der Waals surface area contributed by atoms with Crippen molar-refractivity contribution in [1.82, 2.24) is 4.72 Å². The SMILES string of the molecule is O=S(=O)(NC12CC3CC(CC(C3)C1)C2)c1ccc(-c2ccco2)cc1. The van der Waals surface area contributed by atoms with Crippen molar-refractivity contribution in [2.24, 2.45) is 17.8 Å². The lowest BCUT2D eigenvalue weighted by atomic mass is 9.53. The summed E-state index contributed by atoms with van der Waals surface area (Å²) in [5, 5.41) is 0. The number of nitrogens with one attached hydrogen (secondary N) is 1. The zero-order valence-corrected chi connectivity index (χ0v) is 15.0. The molecule has 0 aliphatic heterocycles. The fourth-order valence-corrected chi connectivity index (χ4v) is 7.25. The lowest BCUT2D eigenvalue weighted by Gasteiger charge is -2.56. The van der Waals surface area contributed by atoms with Crippen LogP contribution in [-0.4, -0.2) is 14.0 Å². The van der Waals surface area contributed by atoms with Gasteiger partial charge in [-0.3, -0.25) is 0 Å². The molecule has 6 rings (SSSR count). The Kier molecular flexibility index (Phi) is 3.41. The highest BCUT2D eigenvalue weighted by atomic mass is 32.2. The minimum atomic E-state index is -3.49. The Bertz CT molecular complexity index is 833. The summed E-state index contributed by atoms with van der Waals surface area (Å²) in [5.74, 6) is 2.90. The molecule has 4 fully saturated rings. The second-order valence-corrected chi connectivity index (χ2v) is 9.99. The maximum Gasteiger partial charge on any atom is 0.241 e. The maximum atomic E-state index is 13.0. The first-order valence-corrected chi connectivity index (χ1v) is 10.7. The van der Waals surface area contributed by atoms with Crippen LogP contribution >= 0.6 is 0 Å². The second kappa shape index (κ2) is 5.45. The summed E-state index contributed by atoms with van der Waals surface area (Å²) in [6.07, 6.45) is 8.58. The Morgan fingerprint density at radius 3 is 2.04 bits per heavy atom. The van der Waals surface area contributed by atoms with Gasteiger partial charge in [-0.2, -0.15) is 0 Å². The third-order valence-corrected chi connectivity index (χ3v) is 7.95. The molecule has 132 valence electrons. The van der Waals surface area contributed by atoms with E-state index < -0.39 is 10.0 Å². The van der Waals surface area contributed by atoms with Crippen molar-refractivity contribution in [3.8, 4) is 11.3 Å². The average Bonchev–Trinajstić information content (AvgIpc) is 3.07. The van der Waals surface area contributed by atoms with Crippen LogP contribution in [0, 0.1) is 17.8 Å². The monoisotopic (exact) mass is 357 g/mol. The zero-order chi connectivity index (χ0) is 17.1. The Balaban J connectivity index is 1.40. The van der Waals surface area contributed by atoms with Gasteiger partial charge < -0.3 is 4.42 Å². The lowest BCUT2D eigenvalue weighted by molar-refractivity contribution is -0.00810. The van der Waals surface area contributed by atoms with Gasteiger partial charge in [0.25, 0.3) is 0 Å². The molecule has 4 nitrogen and oxygen atoms in total. The standard InChI is InChI=1S/C20H23NO3S/c22-25(23,18-5-3-17(4-6-18)19-2-1-7-24-19)21-20-11-14-8-15(12-20)10-16(9-14)13-20/h1-7,14-16,21H,8-13H2. The van der Waals surface area contributed by atoms with E-state index in [1.807, 2.05) is 24.3 Å². The molecule has 1 aromatic heterocycles. The Morgan fingerprint density at radius 2 is 1.52 bits per heavy atom. The molecule has 4 bridgehead atoms. The second-order valence-electron chi connectivity index (χ2n) is 8.31. The molecular formula is C20H23NO3S. The van der Waals surface area contributed by atoms with Crippen LogP contribution in [0.3, 0.4) is 0 Å². The summed E-state index contributed by atoms with van der Waals surface area (Å²) in [6.45, 7) is 0. The first kappa shape index (κ1) is 15.6. The summed E-state index contributed by atoms with van der Waals surface area (Å²) < 4.78 is 34.5. The molecule has 4 aliphatic carbocycles. The number of sulfonamides is 1. The van der Waals surface area contributed by atoms with Crippen LogP contribution in [0.15, 0.2) is 52.0 Å². The van der Waals surface area contributed by atoms with Gasteiger partial charge in [0, 0.05) is 11.1 Å². The first-order chi connectivity index (χ1) is 12.0. The molecule has 1 heterocycles. The van der Waals surface area contributed by atoms with Crippen molar-refractivity contribution < 1.29 is 12.8 Å². The van der Waals surface area contributed by atoms with Gasteiger partial charge in [0.1, 0.15) is 5.76 Å². The van der Waals surface area contributed by atoms with E-state index in [2.05, 4.69) is 4.72 Å². The minimum Gasteiger partial charge on any atom is -0.464 e. The minimum absolute atomic E-state index is 0.201. The van der Waals surface area contributed by atoms with E-state index in [1.54, 1.807) is 18.4 Å². The van der Waals surface area contributed by atoms with Gasteiger partial charge in [-0.15, -0.1) is 0 Å². The molecule has 4 aliphatic rings. The summed E-state index contributed by atoms with van der Waals surface area (Å²) in [6, 6.07) is 10.7. The van der Waals surface area contributed by atoms with Crippen molar-refractivity contribution >= 4 is 10.0 Å². The van der Waals surface area contributed by atoms with E-state index in [9.17, 15) is 8.42 Å². The van der Waals surface area contributed by atoms with Crippen LogP contribution in [0.4, 0.5) is 0 Å². The summed E-state index contributed by atoms with van der Waals surface area (Å²) in [4.78, 5) is 0.346. The highest BCUT2D eigenvalue weighted by Gasteiger charge is 2.52. The van der Waals surface area contributed by atoms with Gasteiger partial charge in [0.05, 0.1) is 11.2 Å². The van der Waals surface area contributed by atoms with Gasteiger partial charge in [-0.1, -0.05) is 0 Å². The van der Waals surface area contributed by atoms with E-state index >= 15 is 0 Å². The summed E-state index contributed by atoms with van der Waals surface area (Å²) >= 11 is 0. The normalized spacial score (nSPS) is 33.7. The Labute approximate surface area is 148 Å². The van der Waals surface area contributed by atoms with Gasteiger partial charge in [-0.25, -0.2) is 13.1 Å². The van der Waals surface area contributed by atoms with Crippen LogP contribution in [-0.2, 0) is 10.0 Å². The number of hydrogen-bond donors (Lipinski definition) is 1. The molecule has 4 saturated carbocycles. The van der Waals surface area contributed by atoms with E-state index in [0.717, 1.165) is 48.3 Å². The predicted octanol–water partition coefficient (Wildman–Crippen LogP) is 4.19. The molecule has 1 N–H and O–H groups in total. The van der Waals surface area contributed by atoms with Gasteiger partial charge in [-0.05, 0) is 92.7 Å². The van der Waals surface area contributed by atoms with E-state index in [4.69, 9.17) is 4.42 Å². The van der Waals surface area contributed by atoms with Crippen molar-refractivity contribution in [2.75, 3.05) is 0 Å². The third kappa shape index (κ3) is 2.74.